The Bertz CT molecular complexity index is 582. The van der Waals surface area contributed by atoms with Crippen molar-refractivity contribution < 1.29 is 23.9 Å². The lowest BCUT2D eigenvalue weighted by atomic mass is 10.1. The molecule has 0 aliphatic heterocycles. The predicted octanol–water partition coefficient (Wildman–Crippen LogP) is 5.44. The van der Waals surface area contributed by atoms with Crippen molar-refractivity contribution in [1.29, 1.82) is 0 Å². The summed E-state index contributed by atoms with van der Waals surface area (Å²) in [7, 11) is 5.85. The first-order valence-corrected chi connectivity index (χ1v) is 11.1. The van der Waals surface area contributed by atoms with Gasteiger partial charge in [0.25, 0.3) is 0 Å². The molecule has 0 aromatic carbocycles. The van der Waals surface area contributed by atoms with Crippen LogP contribution >= 0.6 is 0 Å². The molecule has 5 nitrogen and oxygen atoms in total. The maximum Gasteiger partial charge on any atom is 0.307 e. The highest BCUT2D eigenvalue weighted by atomic mass is 16.5. The van der Waals surface area contributed by atoms with Crippen LogP contribution in [0.1, 0.15) is 64.7 Å². The molecule has 0 heterocycles. The number of carboxylic acid groups (broad SMARTS) is 1. The summed E-state index contributed by atoms with van der Waals surface area (Å²) in [4.78, 5) is 23.0. The van der Waals surface area contributed by atoms with Crippen molar-refractivity contribution >= 4 is 11.9 Å². The second-order valence-electron chi connectivity index (χ2n) is 8.43. The number of ether oxygens (including phenoxy) is 1. The summed E-state index contributed by atoms with van der Waals surface area (Å²) in [5.74, 6) is -1.25. The number of likely N-dealkylation sites (N-methyl/N-ethyl adjacent to an activating group) is 1. The van der Waals surface area contributed by atoms with Crippen LogP contribution in [0.25, 0.3) is 0 Å². The first kappa shape index (κ1) is 27.9. The highest BCUT2D eigenvalue weighted by Crippen LogP contribution is 2.09. The van der Waals surface area contributed by atoms with Crippen LogP contribution in [0.3, 0.4) is 0 Å². The zero-order valence-corrected chi connectivity index (χ0v) is 19.4. The summed E-state index contributed by atoms with van der Waals surface area (Å²) in [6, 6.07) is 0. The number of unbranched alkanes of at least 4 members (excludes halogenated alkanes) is 2. The monoisotopic (exact) mass is 420 g/mol. The average Bonchev–Trinajstić information content (AvgIpc) is 2.63. The zero-order valence-electron chi connectivity index (χ0n) is 19.4. The maximum atomic E-state index is 12.0. The smallest absolute Gasteiger partial charge is 0.307 e. The number of hydrogen-bond donors (Lipinski definition) is 1. The lowest BCUT2D eigenvalue weighted by Gasteiger charge is -2.28. The molecule has 0 aromatic heterocycles. The summed E-state index contributed by atoms with van der Waals surface area (Å²) in [5, 5.41) is 8.99. The summed E-state index contributed by atoms with van der Waals surface area (Å²) in [6.07, 6.45) is 23.5. The Balaban J connectivity index is 3.87. The van der Waals surface area contributed by atoms with Crippen molar-refractivity contribution in [3.05, 3.63) is 48.6 Å². The quantitative estimate of drug-likeness (QED) is 0.147. The van der Waals surface area contributed by atoms with Gasteiger partial charge in [0.15, 0.2) is 6.10 Å². The average molecular weight is 421 g/mol. The molecule has 170 valence electrons. The van der Waals surface area contributed by atoms with Gasteiger partial charge in [-0.15, -0.1) is 0 Å². The van der Waals surface area contributed by atoms with Gasteiger partial charge < -0.3 is 14.3 Å². The third-order valence-corrected chi connectivity index (χ3v) is 4.17. The molecule has 1 N–H and O–H groups in total. The lowest BCUT2D eigenvalue weighted by molar-refractivity contribution is -0.873. The van der Waals surface area contributed by atoms with Crippen LogP contribution in [-0.4, -0.2) is 55.3 Å². The molecule has 1 unspecified atom stereocenters. The van der Waals surface area contributed by atoms with E-state index in [1.54, 1.807) is 0 Å². The van der Waals surface area contributed by atoms with Gasteiger partial charge in [0.2, 0.25) is 0 Å². The lowest BCUT2D eigenvalue weighted by Crippen LogP contribution is -2.43. The van der Waals surface area contributed by atoms with E-state index in [0.29, 0.717) is 17.4 Å². The first-order chi connectivity index (χ1) is 14.2. The second kappa shape index (κ2) is 17.7. The fraction of sp³-hybridized carbons (Fsp3) is 0.600. The van der Waals surface area contributed by atoms with E-state index in [-0.39, 0.29) is 12.4 Å². The molecule has 0 aliphatic carbocycles. The largest absolute Gasteiger partial charge is 0.481 e. The van der Waals surface area contributed by atoms with E-state index in [1.165, 1.54) is 0 Å². The van der Waals surface area contributed by atoms with E-state index in [1.807, 2.05) is 21.1 Å². The highest BCUT2D eigenvalue weighted by Gasteiger charge is 2.24. The van der Waals surface area contributed by atoms with Gasteiger partial charge in [0.05, 0.1) is 27.6 Å². The molecule has 0 bridgehead atoms. The fourth-order valence-electron chi connectivity index (χ4n) is 2.82. The molecular formula is C25H42NO4+. The topological polar surface area (TPSA) is 63.6 Å². The molecule has 0 saturated carbocycles. The van der Waals surface area contributed by atoms with Gasteiger partial charge in [-0.25, -0.2) is 0 Å². The van der Waals surface area contributed by atoms with Crippen molar-refractivity contribution in [2.75, 3.05) is 27.7 Å². The van der Waals surface area contributed by atoms with Crippen LogP contribution in [0, 0.1) is 0 Å². The van der Waals surface area contributed by atoms with E-state index in [0.717, 1.165) is 44.9 Å². The standard InChI is InChI=1S/C25H41NO4/c1-5-6-7-8-9-10-11-12-13-14-15-16-17-18-19-20-25(29)30-23(21-24(27)28)22-26(2,3)4/h6-7,9-10,12-13,15-16,23H,5,8,11,14,17-22H2,1-4H3/p+1/b7-6+,10-9+,13-12+,16-15+. The van der Waals surface area contributed by atoms with Gasteiger partial charge in [-0.2, -0.15) is 0 Å². The molecule has 0 rings (SSSR count). The number of carbonyl (C=O) groups excluding carboxylic acids is 1. The SMILES string of the molecule is CC/C=C/C/C=C/C/C=C/C/C=C/CCCCC(=O)OC(CC(=O)O)C[N+](C)(C)C. The number of carbonyl (C=O) groups is 2. The number of allylic oxidation sites excluding steroid dienone is 8. The number of nitrogens with zero attached hydrogens (tertiary/aromatic N) is 1. The van der Waals surface area contributed by atoms with Gasteiger partial charge in [-0.3, -0.25) is 9.59 Å². The summed E-state index contributed by atoms with van der Waals surface area (Å²) < 4.78 is 5.94. The van der Waals surface area contributed by atoms with Crippen molar-refractivity contribution in [3.63, 3.8) is 0 Å². The van der Waals surface area contributed by atoms with Crippen LogP contribution < -0.4 is 0 Å². The molecule has 0 spiro atoms. The van der Waals surface area contributed by atoms with Crippen molar-refractivity contribution in [3.8, 4) is 0 Å². The van der Waals surface area contributed by atoms with E-state index < -0.39 is 12.1 Å². The van der Waals surface area contributed by atoms with Crippen molar-refractivity contribution in [1.82, 2.24) is 0 Å². The minimum atomic E-state index is -0.944. The third kappa shape index (κ3) is 20.6. The third-order valence-electron chi connectivity index (χ3n) is 4.17. The number of rotatable bonds is 17. The van der Waals surface area contributed by atoms with Crippen molar-refractivity contribution in [2.24, 2.45) is 0 Å². The van der Waals surface area contributed by atoms with Gasteiger partial charge in [0, 0.05) is 6.42 Å². The van der Waals surface area contributed by atoms with E-state index in [4.69, 9.17) is 9.84 Å². The van der Waals surface area contributed by atoms with Gasteiger partial charge >= 0.3 is 11.9 Å². The summed E-state index contributed by atoms with van der Waals surface area (Å²) >= 11 is 0. The first-order valence-electron chi connectivity index (χ1n) is 11.1. The Labute approximate surface area is 183 Å². The maximum absolute atomic E-state index is 12.0. The number of carboxylic acids is 1. The Hall–Kier alpha value is -2.14. The van der Waals surface area contributed by atoms with Crippen LogP contribution in [0.4, 0.5) is 0 Å². The molecule has 0 aliphatic rings. The minimum absolute atomic E-state index is 0.150. The Morgan fingerprint density at radius 3 is 1.90 bits per heavy atom. The molecule has 0 saturated heterocycles. The summed E-state index contributed by atoms with van der Waals surface area (Å²) in [6.45, 7) is 2.62. The summed E-state index contributed by atoms with van der Waals surface area (Å²) in [5.41, 5.74) is 0. The van der Waals surface area contributed by atoms with Crippen LogP contribution in [0.15, 0.2) is 48.6 Å². The number of hydrogen-bond acceptors (Lipinski definition) is 3. The number of aliphatic carboxylic acids is 1. The van der Waals surface area contributed by atoms with Gasteiger partial charge in [0.1, 0.15) is 6.54 Å². The molecule has 30 heavy (non-hydrogen) atoms. The normalized spacial score (nSPS) is 13.7. The zero-order chi connectivity index (χ0) is 22.7. The molecular weight excluding hydrogens is 378 g/mol. The number of esters is 1. The molecule has 1 atom stereocenters. The Morgan fingerprint density at radius 2 is 1.40 bits per heavy atom. The predicted molar refractivity (Wildman–Crippen MR) is 124 cm³/mol. The van der Waals surface area contributed by atoms with E-state index in [9.17, 15) is 9.59 Å². The molecule has 0 aromatic rings. The van der Waals surface area contributed by atoms with Crippen LogP contribution in [0.5, 0.6) is 0 Å². The molecule has 0 fully saturated rings. The minimum Gasteiger partial charge on any atom is -0.481 e. The Kier molecular flexibility index (Phi) is 16.4. The van der Waals surface area contributed by atoms with E-state index >= 15 is 0 Å². The molecule has 5 heteroatoms. The van der Waals surface area contributed by atoms with Crippen LogP contribution in [-0.2, 0) is 14.3 Å². The van der Waals surface area contributed by atoms with Crippen molar-refractivity contribution in [2.45, 2.75) is 70.8 Å². The Morgan fingerprint density at radius 1 is 0.867 bits per heavy atom. The fourth-order valence-corrected chi connectivity index (χ4v) is 2.82. The second-order valence-corrected chi connectivity index (χ2v) is 8.43. The molecule has 0 radical (unpaired) electrons. The van der Waals surface area contributed by atoms with Gasteiger partial charge in [-0.1, -0.05) is 55.5 Å². The van der Waals surface area contributed by atoms with Gasteiger partial charge in [-0.05, 0) is 44.9 Å². The molecule has 0 amide bonds. The highest BCUT2D eigenvalue weighted by molar-refractivity contribution is 5.71. The number of quaternary nitrogens is 1. The van der Waals surface area contributed by atoms with Crippen LogP contribution in [0.2, 0.25) is 0 Å². The van der Waals surface area contributed by atoms with E-state index in [2.05, 4.69) is 55.5 Å².